The summed E-state index contributed by atoms with van der Waals surface area (Å²) in [5.74, 6) is 1.65. The lowest BCUT2D eigenvalue weighted by atomic mass is 9.76. The fourth-order valence-electron chi connectivity index (χ4n) is 4.68. The zero-order valence-electron chi connectivity index (χ0n) is 17.9. The fourth-order valence-corrected chi connectivity index (χ4v) is 4.68. The molecule has 2 aromatic carbocycles. The van der Waals surface area contributed by atoms with Gasteiger partial charge in [0.2, 0.25) is 5.91 Å². The van der Waals surface area contributed by atoms with E-state index in [1.54, 1.807) is 14.2 Å². The number of hydrogen-bond donors (Lipinski definition) is 1. The van der Waals surface area contributed by atoms with Crippen molar-refractivity contribution in [2.45, 2.75) is 25.4 Å². The van der Waals surface area contributed by atoms with Gasteiger partial charge < -0.3 is 24.4 Å². The Hall–Kier alpha value is -3.22. The Balaban J connectivity index is 1.33. The van der Waals surface area contributed by atoms with Gasteiger partial charge >= 0.3 is 6.09 Å². The van der Waals surface area contributed by atoms with Crippen LogP contribution in [-0.4, -0.2) is 50.8 Å². The highest BCUT2D eigenvalue weighted by Crippen LogP contribution is 2.47. The van der Waals surface area contributed by atoms with Crippen LogP contribution in [0.1, 0.15) is 29.0 Å². The van der Waals surface area contributed by atoms with Crippen molar-refractivity contribution in [2.24, 2.45) is 5.92 Å². The number of nitrogens with zero attached hydrogens (tertiary/aromatic N) is 1. The molecule has 1 saturated heterocycles. The standard InChI is InChI=1S/C24H28N2O5/c1-29-20-11-10-18-19(22(20)30-2)9-8-17-14-26(23(27)21(17)18)13-12-25-24(28)31-15-16-6-4-3-5-7-16/h3-7,10-11,17,21H,8-9,12-15H2,1-2H3,(H,25,28)/t17-,21+/m1/s1. The molecule has 0 unspecified atom stereocenters. The summed E-state index contributed by atoms with van der Waals surface area (Å²) in [5, 5.41) is 2.74. The Labute approximate surface area is 182 Å². The van der Waals surface area contributed by atoms with E-state index in [-0.39, 0.29) is 24.3 Å². The van der Waals surface area contributed by atoms with E-state index in [9.17, 15) is 9.59 Å². The molecule has 7 nitrogen and oxygen atoms in total. The summed E-state index contributed by atoms with van der Waals surface area (Å²) >= 11 is 0. The van der Waals surface area contributed by atoms with Crippen LogP contribution >= 0.6 is 0 Å². The topological polar surface area (TPSA) is 77.1 Å². The monoisotopic (exact) mass is 424 g/mol. The van der Waals surface area contributed by atoms with Crippen molar-refractivity contribution < 1.29 is 23.8 Å². The van der Waals surface area contributed by atoms with Crippen LogP contribution in [0.15, 0.2) is 42.5 Å². The van der Waals surface area contributed by atoms with Crippen molar-refractivity contribution >= 4 is 12.0 Å². The molecule has 1 aliphatic carbocycles. The van der Waals surface area contributed by atoms with Gasteiger partial charge in [0.25, 0.3) is 0 Å². The molecule has 2 amide bonds. The average Bonchev–Trinajstić information content (AvgIpc) is 3.13. The molecule has 1 fully saturated rings. The van der Waals surface area contributed by atoms with Gasteiger partial charge in [0.15, 0.2) is 11.5 Å². The van der Waals surface area contributed by atoms with E-state index in [0.29, 0.717) is 25.4 Å². The summed E-state index contributed by atoms with van der Waals surface area (Å²) in [4.78, 5) is 27.0. The number of rotatable bonds is 7. The Bertz CT molecular complexity index is 946. The van der Waals surface area contributed by atoms with E-state index in [1.807, 2.05) is 47.4 Å². The molecule has 0 bridgehead atoms. The number of nitrogens with one attached hydrogen (secondary N) is 1. The number of carbonyl (C=O) groups excluding carboxylic acids is 2. The van der Waals surface area contributed by atoms with E-state index in [2.05, 4.69) is 5.32 Å². The van der Waals surface area contributed by atoms with Gasteiger partial charge in [-0.1, -0.05) is 36.4 Å². The van der Waals surface area contributed by atoms with Crippen LogP contribution in [0.3, 0.4) is 0 Å². The third kappa shape index (κ3) is 4.31. The fraction of sp³-hybridized carbons (Fsp3) is 0.417. The van der Waals surface area contributed by atoms with Gasteiger partial charge in [0, 0.05) is 25.2 Å². The molecule has 7 heteroatoms. The average molecular weight is 424 g/mol. The molecule has 2 atom stereocenters. The molecule has 164 valence electrons. The zero-order chi connectivity index (χ0) is 21.8. The summed E-state index contributed by atoms with van der Waals surface area (Å²) in [6, 6.07) is 13.4. The Morgan fingerprint density at radius 2 is 1.94 bits per heavy atom. The highest BCUT2D eigenvalue weighted by atomic mass is 16.5. The summed E-state index contributed by atoms with van der Waals surface area (Å²) < 4.78 is 16.2. The zero-order valence-corrected chi connectivity index (χ0v) is 17.9. The molecule has 1 N–H and O–H groups in total. The maximum atomic E-state index is 13.2. The minimum atomic E-state index is -0.477. The summed E-state index contributed by atoms with van der Waals surface area (Å²) in [7, 11) is 3.26. The first kappa shape index (κ1) is 21.0. The van der Waals surface area contributed by atoms with Crippen LogP contribution in [0.25, 0.3) is 0 Å². The van der Waals surface area contributed by atoms with Crippen molar-refractivity contribution in [3.8, 4) is 11.5 Å². The van der Waals surface area contributed by atoms with E-state index in [1.165, 1.54) is 0 Å². The lowest BCUT2D eigenvalue weighted by Gasteiger charge is -2.28. The third-order valence-corrected chi connectivity index (χ3v) is 6.15. The van der Waals surface area contributed by atoms with Crippen LogP contribution in [0.5, 0.6) is 11.5 Å². The van der Waals surface area contributed by atoms with Crippen molar-refractivity contribution in [2.75, 3.05) is 33.9 Å². The first-order valence-corrected chi connectivity index (χ1v) is 10.6. The number of amides is 2. The SMILES string of the molecule is COc1ccc2c(c1OC)CC[C@@H]1CN(CCNC(=O)OCc3ccccc3)C(=O)[C@H]21. The number of methoxy groups -OCH3 is 2. The summed E-state index contributed by atoms with van der Waals surface area (Å²) in [6.07, 6.45) is 1.31. The molecule has 2 aliphatic rings. The van der Waals surface area contributed by atoms with Crippen molar-refractivity contribution in [3.63, 3.8) is 0 Å². The second-order valence-electron chi connectivity index (χ2n) is 7.92. The van der Waals surface area contributed by atoms with Crippen molar-refractivity contribution in [1.29, 1.82) is 0 Å². The van der Waals surface area contributed by atoms with Crippen LogP contribution in [-0.2, 0) is 22.6 Å². The van der Waals surface area contributed by atoms with Gasteiger partial charge in [-0.2, -0.15) is 0 Å². The maximum absolute atomic E-state index is 13.2. The summed E-state index contributed by atoms with van der Waals surface area (Å²) in [6.45, 7) is 1.76. The molecule has 31 heavy (non-hydrogen) atoms. The Morgan fingerprint density at radius 1 is 1.13 bits per heavy atom. The number of carbonyl (C=O) groups is 2. The second-order valence-corrected chi connectivity index (χ2v) is 7.92. The molecule has 0 saturated carbocycles. The Morgan fingerprint density at radius 3 is 2.68 bits per heavy atom. The highest BCUT2D eigenvalue weighted by molar-refractivity contribution is 5.87. The van der Waals surface area contributed by atoms with Gasteiger partial charge in [-0.25, -0.2) is 4.79 Å². The number of hydrogen-bond acceptors (Lipinski definition) is 5. The van der Waals surface area contributed by atoms with Gasteiger partial charge in [0.1, 0.15) is 6.61 Å². The van der Waals surface area contributed by atoms with Gasteiger partial charge in [0.05, 0.1) is 20.1 Å². The van der Waals surface area contributed by atoms with Crippen LogP contribution < -0.4 is 14.8 Å². The van der Waals surface area contributed by atoms with E-state index < -0.39 is 6.09 Å². The number of benzene rings is 2. The van der Waals surface area contributed by atoms with E-state index >= 15 is 0 Å². The molecule has 1 heterocycles. The minimum absolute atomic E-state index is 0.109. The quantitative estimate of drug-likeness (QED) is 0.739. The second kappa shape index (κ2) is 9.29. The maximum Gasteiger partial charge on any atom is 0.407 e. The van der Waals surface area contributed by atoms with Crippen LogP contribution in [0.2, 0.25) is 0 Å². The number of fused-ring (bicyclic) bond motifs is 3. The molecular weight excluding hydrogens is 396 g/mol. The number of ether oxygens (including phenoxy) is 3. The summed E-state index contributed by atoms with van der Waals surface area (Å²) in [5.41, 5.74) is 3.04. The predicted molar refractivity (Wildman–Crippen MR) is 115 cm³/mol. The van der Waals surface area contributed by atoms with Gasteiger partial charge in [-0.3, -0.25) is 4.79 Å². The first-order valence-electron chi connectivity index (χ1n) is 10.6. The largest absolute Gasteiger partial charge is 0.493 e. The molecule has 1 aliphatic heterocycles. The highest BCUT2D eigenvalue weighted by Gasteiger charge is 2.44. The van der Waals surface area contributed by atoms with Gasteiger partial charge in [-0.15, -0.1) is 0 Å². The lowest BCUT2D eigenvalue weighted by Crippen LogP contribution is -2.36. The van der Waals surface area contributed by atoms with Crippen molar-refractivity contribution in [1.82, 2.24) is 10.2 Å². The molecule has 0 spiro atoms. The number of likely N-dealkylation sites (tertiary alicyclic amines) is 1. The molecule has 0 aromatic heterocycles. The normalized spacial score (nSPS) is 19.4. The van der Waals surface area contributed by atoms with Crippen LogP contribution in [0.4, 0.5) is 4.79 Å². The number of alkyl carbamates (subject to hydrolysis) is 1. The smallest absolute Gasteiger partial charge is 0.407 e. The minimum Gasteiger partial charge on any atom is -0.493 e. The molecular formula is C24H28N2O5. The van der Waals surface area contributed by atoms with Crippen molar-refractivity contribution in [3.05, 3.63) is 59.2 Å². The first-order chi connectivity index (χ1) is 15.1. The van der Waals surface area contributed by atoms with Gasteiger partial charge in [-0.05, 0) is 36.0 Å². The molecule has 0 radical (unpaired) electrons. The Kier molecular flexibility index (Phi) is 6.30. The predicted octanol–water partition coefficient (Wildman–Crippen LogP) is 3.12. The molecule has 4 rings (SSSR count). The lowest BCUT2D eigenvalue weighted by molar-refractivity contribution is -0.129. The van der Waals surface area contributed by atoms with E-state index in [0.717, 1.165) is 35.3 Å². The third-order valence-electron chi connectivity index (χ3n) is 6.15. The molecule has 2 aromatic rings. The van der Waals surface area contributed by atoms with E-state index in [4.69, 9.17) is 14.2 Å². The van der Waals surface area contributed by atoms with Crippen LogP contribution in [0, 0.1) is 5.92 Å².